The minimum atomic E-state index is -4.58. The molecular weight excluding hydrogens is 341 g/mol. The molecule has 0 spiro atoms. The Kier molecular flexibility index (Phi) is 4.64. The zero-order chi connectivity index (χ0) is 18.9. The van der Waals surface area contributed by atoms with E-state index in [-0.39, 0.29) is 10.9 Å². The van der Waals surface area contributed by atoms with Crippen LogP contribution in [0.3, 0.4) is 0 Å². The van der Waals surface area contributed by atoms with Crippen LogP contribution in [0.15, 0.2) is 42.5 Å². The number of aryl methyl sites for hydroxylation is 2. The van der Waals surface area contributed by atoms with Crippen molar-refractivity contribution in [3.05, 3.63) is 64.8 Å². The summed E-state index contributed by atoms with van der Waals surface area (Å²) in [5.41, 5.74) is 1.02. The molecule has 0 aliphatic rings. The summed E-state index contributed by atoms with van der Waals surface area (Å²) >= 11 is 0. The van der Waals surface area contributed by atoms with E-state index in [0.29, 0.717) is 30.1 Å². The number of ether oxygens (including phenoxy) is 1. The second-order valence-corrected chi connectivity index (χ2v) is 6.13. The summed E-state index contributed by atoms with van der Waals surface area (Å²) in [6, 6.07) is 13.5. The largest absolute Gasteiger partial charge is 0.492 e. The Balaban J connectivity index is 1.91. The molecule has 0 N–H and O–H groups in total. The lowest BCUT2D eigenvalue weighted by atomic mass is 10.0. The van der Waals surface area contributed by atoms with E-state index in [9.17, 15) is 13.2 Å². The fourth-order valence-electron chi connectivity index (χ4n) is 3.05. The number of alkyl halides is 3. The molecule has 1 aromatic heterocycles. The summed E-state index contributed by atoms with van der Waals surface area (Å²) in [5, 5.41) is 9.07. The van der Waals surface area contributed by atoms with Crippen molar-refractivity contribution in [1.82, 2.24) is 4.57 Å². The lowest BCUT2D eigenvalue weighted by Gasteiger charge is -2.13. The molecule has 0 saturated carbocycles. The lowest BCUT2D eigenvalue weighted by molar-refractivity contribution is -0.136. The fraction of sp³-hybridized carbons (Fsp3) is 0.250. The van der Waals surface area contributed by atoms with Gasteiger partial charge in [-0.3, -0.25) is 0 Å². The van der Waals surface area contributed by atoms with Gasteiger partial charge >= 0.3 is 6.18 Å². The van der Waals surface area contributed by atoms with Crippen molar-refractivity contribution in [2.45, 2.75) is 26.6 Å². The van der Waals surface area contributed by atoms with Crippen LogP contribution in [0.2, 0.25) is 0 Å². The van der Waals surface area contributed by atoms with E-state index in [1.807, 2.05) is 31.2 Å². The molecule has 0 saturated heterocycles. The molecule has 3 aromatic rings. The van der Waals surface area contributed by atoms with Crippen LogP contribution >= 0.6 is 0 Å². The van der Waals surface area contributed by atoms with Crippen molar-refractivity contribution in [1.29, 1.82) is 5.26 Å². The van der Waals surface area contributed by atoms with Gasteiger partial charge in [0.2, 0.25) is 0 Å². The van der Waals surface area contributed by atoms with Gasteiger partial charge in [0.1, 0.15) is 12.4 Å². The van der Waals surface area contributed by atoms with Crippen molar-refractivity contribution < 1.29 is 17.9 Å². The molecule has 0 atom stereocenters. The predicted molar refractivity (Wildman–Crippen MR) is 93.1 cm³/mol. The number of aromatic nitrogens is 1. The fourth-order valence-corrected chi connectivity index (χ4v) is 3.05. The van der Waals surface area contributed by atoms with Crippen LogP contribution in [0.25, 0.3) is 10.9 Å². The molecule has 0 amide bonds. The molecule has 26 heavy (non-hydrogen) atoms. The van der Waals surface area contributed by atoms with E-state index >= 15 is 0 Å². The van der Waals surface area contributed by atoms with Crippen LogP contribution in [0.5, 0.6) is 5.75 Å². The van der Waals surface area contributed by atoms with E-state index < -0.39 is 11.7 Å². The summed E-state index contributed by atoms with van der Waals surface area (Å²) < 4.78 is 47.7. The molecule has 0 aliphatic heterocycles. The third-order valence-corrected chi connectivity index (χ3v) is 4.30. The quantitative estimate of drug-likeness (QED) is 0.641. The summed E-state index contributed by atoms with van der Waals surface area (Å²) in [6.45, 7) is 4.46. The Bertz CT molecular complexity index is 979. The Morgan fingerprint density at radius 1 is 1.08 bits per heavy atom. The maximum absolute atomic E-state index is 13.4. The summed E-state index contributed by atoms with van der Waals surface area (Å²) in [7, 11) is 0. The molecule has 3 rings (SSSR count). The van der Waals surface area contributed by atoms with Crippen LogP contribution in [-0.2, 0) is 12.7 Å². The number of halogens is 3. The Morgan fingerprint density at radius 3 is 2.38 bits per heavy atom. The average molecular weight is 358 g/mol. The SMILES string of the molecule is Cc1ccc(OCCn2c(C)cc3c(C(F)(F)F)c(C#N)ccc32)cc1. The van der Waals surface area contributed by atoms with Gasteiger partial charge in [-0.15, -0.1) is 0 Å². The Labute approximate surface area is 149 Å². The number of hydrogen-bond donors (Lipinski definition) is 0. The first-order chi connectivity index (χ1) is 12.3. The maximum Gasteiger partial charge on any atom is 0.418 e. The third kappa shape index (κ3) is 3.38. The minimum absolute atomic E-state index is 0.0457. The van der Waals surface area contributed by atoms with Crippen molar-refractivity contribution in [2.24, 2.45) is 0 Å². The van der Waals surface area contributed by atoms with E-state index in [1.54, 1.807) is 23.6 Å². The number of nitriles is 1. The van der Waals surface area contributed by atoms with Crippen molar-refractivity contribution >= 4 is 10.9 Å². The van der Waals surface area contributed by atoms with Gasteiger partial charge in [0.15, 0.2) is 0 Å². The van der Waals surface area contributed by atoms with E-state index in [4.69, 9.17) is 10.00 Å². The molecular formula is C20H17F3N2O. The first-order valence-corrected chi connectivity index (χ1v) is 8.11. The highest BCUT2D eigenvalue weighted by molar-refractivity contribution is 5.87. The summed E-state index contributed by atoms with van der Waals surface area (Å²) in [4.78, 5) is 0. The first kappa shape index (κ1) is 17.9. The zero-order valence-corrected chi connectivity index (χ0v) is 14.4. The van der Waals surface area contributed by atoms with Crippen molar-refractivity contribution in [2.75, 3.05) is 6.61 Å². The van der Waals surface area contributed by atoms with E-state index in [0.717, 1.165) is 5.56 Å². The number of nitrogens with zero attached hydrogens (tertiary/aromatic N) is 2. The topological polar surface area (TPSA) is 38.0 Å². The second kappa shape index (κ2) is 6.75. The molecule has 0 radical (unpaired) electrons. The van der Waals surface area contributed by atoms with Crippen LogP contribution in [0.4, 0.5) is 13.2 Å². The number of benzene rings is 2. The summed E-state index contributed by atoms with van der Waals surface area (Å²) in [5.74, 6) is 0.715. The Morgan fingerprint density at radius 2 is 1.77 bits per heavy atom. The second-order valence-electron chi connectivity index (χ2n) is 6.13. The van der Waals surface area contributed by atoms with Gasteiger partial charge in [-0.25, -0.2) is 0 Å². The maximum atomic E-state index is 13.4. The number of fused-ring (bicyclic) bond motifs is 1. The van der Waals surface area contributed by atoms with Crippen LogP contribution < -0.4 is 4.74 Å². The lowest BCUT2D eigenvalue weighted by Crippen LogP contribution is -2.11. The normalized spacial score (nSPS) is 11.5. The van der Waals surface area contributed by atoms with Crippen LogP contribution in [0.1, 0.15) is 22.4 Å². The van der Waals surface area contributed by atoms with Crippen LogP contribution in [-0.4, -0.2) is 11.2 Å². The smallest absolute Gasteiger partial charge is 0.418 e. The molecule has 3 nitrogen and oxygen atoms in total. The van der Waals surface area contributed by atoms with Gasteiger partial charge in [-0.2, -0.15) is 18.4 Å². The molecule has 0 fully saturated rings. The minimum Gasteiger partial charge on any atom is -0.492 e. The van der Waals surface area contributed by atoms with Gasteiger partial charge in [-0.05, 0) is 44.2 Å². The average Bonchev–Trinajstić information content (AvgIpc) is 2.90. The molecule has 2 aromatic carbocycles. The number of rotatable bonds is 4. The standard InChI is InChI=1S/C20H17F3N2O/c1-13-3-6-16(7-4-13)26-10-9-25-14(2)11-17-18(25)8-5-15(12-24)19(17)20(21,22)23/h3-8,11H,9-10H2,1-2H3. The van der Waals surface area contributed by atoms with Gasteiger partial charge < -0.3 is 9.30 Å². The molecule has 0 bridgehead atoms. The monoisotopic (exact) mass is 358 g/mol. The van der Waals surface area contributed by atoms with Gasteiger partial charge in [-0.1, -0.05) is 17.7 Å². The van der Waals surface area contributed by atoms with Gasteiger partial charge in [0, 0.05) is 16.6 Å². The molecule has 6 heteroatoms. The van der Waals surface area contributed by atoms with Crippen LogP contribution in [0, 0.1) is 25.2 Å². The molecule has 0 unspecified atom stereocenters. The summed E-state index contributed by atoms with van der Waals surface area (Å²) in [6.07, 6.45) is -4.58. The van der Waals surface area contributed by atoms with Crippen molar-refractivity contribution in [3.63, 3.8) is 0 Å². The van der Waals surface area contributed by atoms with E-state index in [1.165, 1.54) is 12.1 Å². The highest BCUT2D eigenvalue weighted by Gasteiger charge is 2.36. The molecule has 1 heterocycles. The predicted octanol–water partition coefficient (Wildman–Crippen LogP) is 5.23. The van der Waals surface area contributed by atoms with E-state index in [2.05, 4.69) is 0 Å². The number of hydrogen-bond acceptors (Lipinski definition) is 2. The third-order valence-electron chi connectivity index (χ3n) is 4.30. The highest BCUT2D eigenvalue weighted by atomic mass is 19.4. The van der Waals surface area contributed by atoms with Gasteiger partial charge in [0.25, 0.3) is 0 Å². The molecule has 0 aliphatic carbocycles. The van der Waals surface area contributed by atoms with Gasteiger partial charge in [0.05, 0.1) is 23.7 Å². The zero-order valence-electron chi connectivity index (χ0n) is 14.4. The Hall–Kier alpha value is -2.94. The molecule has 134 valence electrons. The van der Waals surface area contributed by atoms with Crippen molar-refractivity contribution in [3.8, 4) is 11.8 Å². The highest BCUT2D eigenvalue weighted by Crippen LogP contribution is 2.38. The first-order valence-electron chi connectivity index (χ1n) is 8.11.